The first-order chi connectivity index (χ1) is 9.81. The number of aryl methyl sites for hydroxylation is 1. The standard InChI is InChI=1S/C17H28N2O2/c1-11(2)16(19-21-12(3)4)17(20)18-14(6)15-9-7-13(5)8-10-15/h7-12,14,16,19H,1-6H3,(H,18,20). The monoisotopic (exact) mass is 292 g/mol. The summed E-state index contributed by atoms with van der Waals surface area (Å²) >= 11 is 0. The second kappa shape index (κ2) is 8.15. The second-order valence-electron chi connectivity index (χ2n) is 6.15. The lowest BCUT2D eigenvalue weighted by molar-refractivity contribution is -0.131. The first-order valence-corrected chi connectivity index (χ1v) is 7.59. The van der Waals surface area contributed by atoms with Gasteiger partial charge in [0.25, 0.3) is 0 Å². The van der Waals surface area contributed by atoms with Crippen LogP contribution < -0.4 is 10.8 Å². The third-order valence-corrected chi connectivity index (χ3v) is 3.32. The van der Waals surface area contributed by atoms with Gasteiger partial charge in [0.1, 0.15) is 6.04 Å². The summed E-state index contributed by atoms with van der Waals surface area (Å²) in [5.74, 6) is 0.104. The molecule has 0 spiro atoms. The van der Waals surface area contributed by atoms with Crippen LogP contribution in [0.3, 0.4) is 0 Å². The Morgan fingerprint density at radius 1 is 1.05 bits per heavy atom. The van der Waals surface area contributed by atoms with Crippen LogP contribution >= 0.6 is 0 Å². The van der Waals surface area contributed by atoms with Crippen molar-refractivity contribution >= 4 is 5.91 Å². The molecule has 1 amide bonds. The number of hydrogen-bond acceptors (Lipinski definition) is 3. The number of hydrogen-bond donors (Lipinski definition) is 2. The lowest BCUT2D eigenvalue weighted by Gasteiger charge is -2.24. The molecule has 21 heavy (non-hydrogen) atoms. The first-order valence-electron chi connectivity index (χ1n) is 7.59. The zero-order valence-corrected chi connectivity index (χ0v) is 13.9. The average molecular weight is 292 g/mol. The Morgan fingerprint density at radius 3 is 2.10 bits per heavy atom. The van der Waals surface area contributed by atoms with Crippen molar-refractivity contribution in [3.63, 3.8) is 0 Å². The summed E-state index contributed by atoms with van der Waals surface area (Å²) in [5.41, 5.74) is 5.18. The Balaban J connectivity index is 2.65. The van der Waals surface area contributed by atoms with Crippen molar-refractivity contribution in [2.75, 3.05) is 0 Å². The highest BCUT2D eigenvalue weighted by Gasteiger charge is 2.24. The summed E-state index contributed by atoms with van der Waals surface area (Å²) in [4.78, 5) is 17.8. The van der Waals surface area contributed by atoms with Crippen molar-refractivity contribution in [2.45, 2.75) is 59.7 Å². The molecule has 0 fully saturated rings. The number of rotatable bonds is 7. The van der Waals surface area contributed by atoms with Crippen molar-refractivity contribution in [3.05, 3.63) is 35.4 Å². The van der Waals surface area contributed by atoms with Crippen molar-refractivity contribution < 1.29 is 9.63 Å². The van der Waals surface area contributed by atoms with Crippen LogP contribution in [0.2, 0.25) is 0 Å². The third-order valence-electron chi connectivity index (χ3n) is 3.32. The lowest BCUT2D eigenvalue weighted by Crippen LogP contribution is -2.48. The molecule has 0 bridgehead atoms. The van der Waals surface area contributed by atoms with Crippen LogP contribution in [-0.2, 0) is 9.63 Å². The highest BCUT2D eigenvalue weighted by molar-refractivity contribution is 5.82. The fourth-order valence-corrected chi connectivity index (χ4v) is 1.94. The number of carbonyl (C=O) groups is 1. The fraction of sp³-hybridized carbons (Fsp3) is 0.588. The zero-order chi connectivity index (χ0) is 16.0. The summed E-state index contributed by atoms with van der Waals surface area (Å²) in [6.45, 7) is 11.9. The maximum absolute atomic E-state index is 12.4. The van der Waals surface area contributed by atoms with Crippen molar-refractivity contribution in [1.82, 2.24) is 10.8 Å². The van der Waals surface area contributed by atoms with E-state index in [2.05, 4.69) is 29.9 Å². The van der Waals surface area contributed by atoms with Crippen molar-refractivity contribution in [3.8, 4) is 0 Å². The Morgan fingerprint density at radius 2 is 1.62 bits per heavy atom. The molecule has 0 aliphatic carbocycles. The van der Waals surface area contributed by atoms with E-state index in [0.29, 0.717) is 0 Å². The third kappa shape index (κ3) is 5.86. The summed E-state index contributed by atoms with van der Waals surface area (Å²) in [7, 11) is 0. The van der Waals surface area contributed by atoms with E-state index < -0.39 is 0 Å². The maximum atomic E-state index is 12.4. The molecular weight excluding hydrogens is 264 g/mol. The Hall–Kier alpha value is -1.39. The van der Waals surface area contributed by atoms with Crippen LogP contribution in [0, 0.1) is 12.8 Å². The summed E-state index contributed by atoms with van der Waals surface area (Å²) in [6.07, 6.45) is 0.0357. The molecule has 1 rings (SSSR count). The molecule has 4 heteroatoms. The van der Waals surface area contributed by atoms with Gasteiger partial charge in [-0.05, 0) is 39.2 Å². The molecule has 0 aliphatic rings. The normalized spacial score (nSPS) is 14.3. The van der Waals surface area contributed by atoms with Crippen LogP contribution in [0.1, 0.15) is 51.8 Å². The second-order valence-corrected chi connectivity index (χ2v) is 6.15. The molecule has 118 valence electrons. The molecule has 2 atom stereocenters. The molecule has 0 heterocycles. The minimum absolute atomic E-state index is 0.0276. The van der Waals surface area contributed by atoms with E-state index in [1.165, 1.54) is 5.56 Å². The molecule has 0 saturated heterocycles. The quantitative estimate of drug-likeness (QED) is 0.759. The van der Waals surface area contributed by atoms with Gasteiger partial charge >= 0.3 is 0 Å². The van der Waals surface area contributed by atoms with Gasteiger partial charge in [0.15, 0.2) is 0 Å². The highest BCUT2D eigenvalue weighted by atomic mass is 16.7. The van der Waals surface area contributed by atoms with Gasteiger partial charge in [-0.2, -0.15) is 5.48 Å². The number of hydroxylamine groups is 1. The minimum Gasteiger partial charge on any atom is -0.348 e. The van der Waals surface area contributed by atoms with Crippen LogP contribution in [0.5, 0.6) is 0 Å². The fourth-order valence-electron chi connectivity index (χ4n) is 1.94. The van der Waals surface area contributed by atoms with Gasteiger partial charge in [0.05, 0.1) is 12.1 Å². The van der Waals surface area contributed by atoms with Gasteiger partial charge < -0.3 is 5.32 Å². The van der Waals surface area contributed by atoms with Crippen molar-refractivity contribution in [2.24, 2.45) is 5.92 Å². The molecule has 0 radical (unpaired) electrons. The van der Waals surface area contributed by atoms with E-state index >= 15 is 0 Å². The molecule has 2 N–H and O–H groups in total. The van der Waals surface area contributed by atoms with Gasteiger partial charge in [0.2, 0.25) is 5.91 Å². The Kier molecular flexibility index (Phi) is 6.85. The van der Waals surface area contributed by atoms with Gasteiger partial charge in [-0.1, -0.05) is 43.7 Å². The molecule has 4 nitrogen and oxygen atoms in total. The average Bonchev–Trinajstić information content (AvgIpc) is 2.38. The molecule has 0 aromatic heterocycles. The number of benzene rings is 1. The number of amides is 1. The molecule has 0 saturated carbocycles. The predicted molar refractivity (Wildman–Crippen MR) is 85.7 cm³/mol. The largest absolute Gasteiger partial charge is 0.348 e. The Labute approximate surface area is 128 Å². The van der Waals surface area contributed by atoms with E-state index in [9.17, 15) is 4.79 Å². The number of carbonyl (C=O) groups excluding carboxylic acids is 1. The SMILES string of the molecule is Cc1ccc(C(C)NC(=O)C(NOC(C)C)C(C)C)cc1. The highest BCUT2D eigenvalue weighted by Crippen LogP contribution is 2.14. The van der Waals surface area contributed by atoms with Gasteiger partial charge in [-0.25, -0.2) is 0 Å². The van der Waals surface area contributed by atoms with Crippen LogP contribution in [0.25, 0.3) is 0 Å². The van der Waals surface area contributed by atoms with Crippen LogP contribution in [0.15, 0.2) is 24.3 Å². The van der Waals surface area contributed by atoms with Crippen LogP contribution in [-0.4, -0.2) is 18.1 Å². The van der Waals surface area contributed by atoms with E-state index in [1.54, 1.807) is 0 Å². The predicted octanol–water partition coefficient (Wildman–Crippen LogP) is 3.13. The van der Waals surface area contributed by atoms with Crippen molar-refractivity contribution in [1.29, 1.82) is 0 Å². The molecule has 2 unspecified atom stereocenters. The summed E-state index contributed by atoms with van der Waals surface area (Å²) < 4.78 is 0. The minimum atomic E-state index is -0.361. The van der Waals surface area contributed by atoms with Crippen LogP contribution in [0.4, 0.5) is 0 Å². The summed E-state index contributed by atoms with van der Waals surface area (Å²) in [5, 5.41) is 3.04. The maximum Gasteiger partial charge on any atom is 0.240 e. The molecule has 0 aliphatic heterocycles. The lowest BCUT2D eigenvalue weighted by atomic mass is 10.0. The summed E-state index contributed by atoms with van der Waals surface area (Å²) in [6, 6.07) is 7.81. The number of nitrogens with one attached hydrogen (secondary N) is 2. The van der Waals surface area contributed by atoms with Gasteiger partial charge in [-0.15, -0.1) is 0 Å². The van der Waals surface area contributed by atoms with E-state index in [4.69, 9.17) is 4.84 Å². The Bertz CT molecular complexity index is 441. The zero-order valence-electron chi connectivity index (χ0n) is 13.9. The topological polar surface area (TPSA) is 50.4 Å². The molecule has 1 aromatic carbocycles. The van der Waals surface area contributed by atoms with E-state index in [1.807, 2.05) is 46.8 Å². The smallest absolute Gasteiger partial charge is 0.240 e. The van der Waals surface area contributed by atoms with Gasteiger partial charge in [0, 0.05) is 0 Å². The molecule has 1 aromatic rings. The van der Waals surface area contributed by atoms with E-state index in [-0.39, 0.29) is 30.0 Å². The van der Waals surface area contributed by atoms with Gasteiger partial charge in [-0.3, -0.25) is 9.63 Å². The molecular formula is C17H28N2O2. The first kappa shape index (κ1) is 17.7. The van der Waals surface area contributed by atoms with E-state index in [0.717, 1.165) is 5.56 Å².